The van der Waals surface area contributed by atoms with Crippen LogP contribution in [0.5, 0.6) is 11.5 Å². The first-order chi connectivity index (χ1) is 9.63. The summed E-state index contributed by atoms with van der Waals surface area (Å²) >= 11 is 0. The third kappa shape index (κ3) is 3.66. The zero-order valence-electron chi connectivity index (χ0n) is 12.9. The lowest BCUT2D eigenvalue weighted by Crippen LogP contribution is -2.28. The number of benzene rings is 1. The molecule has 0 heterocycles. The fraction of sp³-hybridized carbons (Fsp3) is 0.647. The third-order valence-corrected chi connectivity index (χ3v) is 4.50. The van der Waals surface area contributed by atoms with Gasteiger partial charge in [-0.2, -0.15) is 0 Å². The van der Waals surface area contributed by atoms with E-state index < -0.39 is 0 Å². The van der Waals surface area contributed by atoms with Crippen LogP contribution in [0.4, 0.5) is 0 Å². The zero-order valence-corrected chi connectivity index (χ0v) is 12.9. The Morgan fingerprint density at radius 3 is 2.60 bits per heavy atom. The Balaban J connectivity index is 2.05. The second kappa shape index (κ2) is 6.98. The number of methoxy groups -OCH3 is 1. The van der Waals surface area contributed by atoms with Gasteiger partial charge < -0.3 is 15.2 Å². The molecule has 2 N–H and O–H groups in total. The van der Waals surface area contributed by atoms with Crippen molar-refractivity contribution in [3.05, 3.63) is 23.8 Å². The summed E-state index contributed by atoms with van der Waals surface area (Å²) in [6.45, 7) is 5.31. The summed E-state index contributed by atoms with van der Waals surface area (Å²) in [4.78, 5) is 0. The van der Waals surface area contributed by atoms with Crippen molar-refractivity contribution in [2.75, 3.05) is 13.7 Å². The molecular formula is C17H27NO2. The molecule has 0 saturated heterocycles. The van der Waals surface area contributed by atoms with Crippen molar-refractivity contribution in [3.63, 3.8) is 0 Å². The van der Waals surface area contributed by atoms with Crippen LogP contribution >= 0.6 is 0 Å². The minimum atomic E-state index is 0.315. The van der Waals surface area contributed by atoms with Gasteiger partial charge in [-0.3, -0.25) is 0 Å². The summed E-state index contributed by atoms with van der Waals surface area (Å²) in [5.74, 6) is 3.22. The molecule has 0 spiro atoms. The number of ether oxygens (including phenoxy) is 2. The minimum absolute atomic E-state index is 0.315. The van der Waals surface area contributed by atoms with Crippen LogP contribution < -0.4 is 15.2 Å². The van der Waals surface area contributed by atoms with Gasteiger partial charge in [0.15, 0.2) is 11.5 Å². The first-order valence-electron chi connectivity index (χ1n) is 7.67. The topological polar surface area (TPSA) is 44.5 Å². The van der Waals surface area contributed by atoms with Crippen molar-refractivity contribution in [1.29, 1.82) is 0 Å². The van der Waals surface area contributed by atoms with Crippen LogP contribution in [-0.4, -0.2) is 19.8 Å². The molecule has 0 aliphatic heterocycles. The predicted octanol–water partition coefficient (Wildman–Crippen LogP) is 3.40. The van der Waals surface area contributed by atoms with E-state index in [1.54, 1.807) is 7.11 Å². The molecule has 3 unspecified atom stereocenters. The van der Waals surface area contributed by atoms with Gasteiger partial charge in [-0.15, -0.1) is 0 Å². The van der Waals surface area contributed by atoms with E-state index >= 15 is 0 Å². The molecule has 1 fully saturated rings. The number of hydrogen-bond acceptors (Lipinski definition) is 3. The summed E-state index contributed by atoms with van der Waals surface area (Å²) in [5.41, 5.74) is 6.79. The highest BCUT2D eigenvalue weighted by atomic mass is 16.5. The van der Waals surface area contributed by atoms with Crippen molar-refractivity contribution in [2.24, 2.45) is 17.6 Å². The Kier molecular flexibility index (Phi) is 5.30. The first-order valence-corrected chi connectivity index (χ1v) is 7.67. The Bertz CT molecular complexity index is 433. The zero-order chi connectivity index (χ0) is 14.5. The molecule has 20 heavy (non-hydrogen) atoms. The molecule has 3 nitrogen and oxygen atoms in total. The van der Waals surface area contributed by atoms with E-state index in [9.17, 15) is 0 Å². The first kappa shape index (κ1) is 15.2. The van der Waals surface area contributed by atoms with Gasteiger partial charge in [0.1, 0.15) is 0 Å². The molecule has 1 aromatic rings. The van der Waals surface area contributed by atoms with E-state index in [2.05, 4.69) is 19.9 Å². The Labute approximate surface area is 122 Å². The highest BCUT2D eigenvalue weighted by molar-refractivity contribution is 5.43. The van der Waals surface area contributed by atoms with Crippen LogP contribution in [0.1, 0.15) is 38.7 Å². The predicted molar refractivity (Wildman–Crippen MR) is 82.3 cm³/mol. The quantitative estimate of drug-likeness (QED) is 0.897. The van der Waals surface area contributed by atoms with E-state index in [4.69, 9.17) is 15.2 Å². The largest absolute Gasteiger partial charge is 0.493 e. The summed E-state index contributed by atoms with van der Waals surface area (Å²) in [6, 6.07) is 6.14. The van der Waals surface area contributed by atoms with Crippen LogP contribution in [0, 0.1) is 11.8 Å². The monoisotopic (exact) mass is 277 g/mol. The smallest absolute Gasteiger partial charge is 0.161 e. The number of hydrogen-bond donors (Lipinski definition) is 1. The van der Waals surface area contributed by atoms with Gasteiger partial charge in [-0.05, 0) is 61.8 Å². The maximum atomic E-state index is 6.17. The molecule has 3 heteroatoms. The molecule has 1 saturated carbocycles. The molecule has 2 rings (SSSR count). The normalized spacial score (nSPS) is 26.3. The number of nitrogens with two attached hydrogens (primary N) is 1. The SMILES string of the molecule is COc1cc(CCN)ccc1OC1CCC(C)C(C)C1. The fourth-order valence-corrected chi connectivity index (χ4v) is 2.92. The van der Waals surface area contributed by atoms with Gasteiger partial charge in [-0.25, -0.2) is 0 Å². The highest BCUT2D eigenvalue weighted by Crippen LogP contribution is 2.35. The lowest BCUT2D eigenvalue weighted by Gasteiger charge is -2.32. The third-order valence-electron chi connectivity index (χ3n) is 4.50. The number of rotatable bonds is 5. The van der Waals surface area contributed by atoms with Gasteiger partial charge in [0, 0.05) is 0 Å². The van der Waals surface area contributed by atoms with Gasteiger partial charge in [-0.1, -0.05) is 19.9 Å². The van der Waals surface area contributed by atoms with Crippen molar-refractivity contribution in [3.8, 4) is 11.5 Å². The maximum absolute atomic E-state index is 6.17. The standard InChI is InChI=1S/C17H27NO2/c1-12-4-6-15(10-13(12)2)20-16-7-5-14(8-9-18)11-17(16)19-3/h5,7,11-13,15H,4,6,8-10,18H2,1-3H3. The van der Waals surface area contributed by atoms with E-state index in [1.807, 2.05) is 12.1 Å². The molecule has 0 radical (unpaired) electrons. The van der Waals surface area contributed by atoms with E-state index in [0.29, 0.717) is 12.6 Å². The van der Waals surface area contributed by atoms with Crippen molar-refractivity contribution in [1.82, 2.24) is 0 Å². The van der Waals surface area contributed by atoms with Crippen molar-refractivity contribution in [2.45, 2.75) is 45.6 Å². The lowest BCUT2D eigenvalue weighted by molar-refractivity contribution is 0.0977. The molecule has 1 aliphatic carbocycles. The van der Waals surface area contributed by atoms with Crippen LogP contribution in [0.25, 0.3) is 0 Å². The molecular weight excluding hydrogens is 250 g/mol. The molecule has 1 aliphatic rings. The molecule has 3 atom stereocenters. The molecule has 1 aromatic carbocycles. The van der Waals surface area contributed by atoms with Crippen LogP contribution in [0.3, 0.4) is 0 Å². The second-order valence-corrected chi connectivity index (χ2v) is 6.03. The van der Waals surface area contributed by atoms with E-state index in [0.717, 1.165) is 42.6 Å². The van der Waals surface area contributed by atoms with Gasteiger partial charge in [0.2, 0.25) is 0 Å². The van der Waals surface area contributed by atoms with Crippen LogP contribution in [-0.2, 0) is 6.42 Å². The van der Waals surface area contributed by atoms with E-state index in [-0.39, 0.29) is 0 Å². The van der Waals surface area contributed by atoms with Crippen LogP contribution in [0.2, 0.25) is 0 Å². The van der Waals surface area contributed by atoms with E-state index in [1.165, 1.54) is 12.0 Å². The summed E-state index contributed by atoms with van der Waals surface area (Å²) < 4.78 is 11.6. The molecule has 112 valence electrons. The Morgan fingerprint density at radius 1 is 1.15 bits per heavy atom. The summed E-state index contributed by atoms with van der Waals surface area (Å²) in [5, 5.41) is 0. The van der Waals surface area contributed by atoms with Crippen molar-refractivity contribution < 1.29 is 9.47 Å². The van der Waals surface area contributed by atoms with Gasteiger partial charge in [0.25, 0.3) is 0 Å². The van der Waals surface area contributed by atoms with Crippen molar-refractivity contribution >= 4 is 0 Å². The average molecular weight is 277 g/mol. The fourth-order valence-electron chi connectivity index (χ4n) is 2.92. The lowest BCUT2D eigenvalue weighted by atomic mass is 9.80. The summed E-state index contributed by atoms with van der Waals surface area (Å²) in [7, 11) is 1.69. The highest BCUT2D eigenvalue weighted by Gasteiger charge is 2.26. The average Bonchev–Trinajstić information content (AvgIpc) is 2.45. The van der Waals surface area contributed by atoms with Crippen LogP contribution in [0.15, 0.2) is 18.2 Å². The Hall–Kier alpha value is -1.22. The molecule has 0 bridgehead atoms. The summed E-state index contributed by atoms with van der Waals surface area (Å²) in [6.07, 6.45) is 4.71. The van der Waals surface area contributed by atoms with Gasteiger partial charge >= 0.3 is 0 Å². The molecule has 0 amide bonds. The second-order valence-electron chi connectivity index (χ2n) is 6.03. The molecule has 0 aromatic heterocycles. The van der Waals surface area contributed by atoms with Gasteiger partial charge in [0.05, 0.1) is 13.2 Å². The Morgan fingerprint density at radius 2 is 1.95 bits per heavy atom. The minimum Gasteiger partial charge on any atom is -0.493 e. The maximum Gasteiger partial charge on any atom is 0.161 e.